The average Bonchev–Trinajstić information content (AvgIpc) is 2.54. The first-order chi connectivity index (χ1) is 10.6. The highest BCUT2D eigenvalue weighted by atomic mass is 16.5. The van der Waals surface area contributed by atoms with Crippen LogP contribution in [-0.4, -0.2) is 35.5 Å². The van der Waals surface area contributed by atoms with E-state index in [1.807, 2.05) is 24.3 Å². The van der Waals surface area contributed by atoms with Crippen molar-refractivity contribution in [3.8, 4) is 17.2 Å². The maximum atomic E-state index is 10.0. The lowest BCUT2D eigenvalue weighted by atomic mass is 10.1. The summed E-state index contributed by atoms with van der Waals surface area (Å²) in [6.07, 6.45) is 0.0851. The van der Waals surface area contributed by atoms with E-state index < -0.39 is 6.10 Å². The van der Waals surface area contributed by atoms with E-state index in [2.05, 4.69) is 5.32 Å². The Morgan fingerprint density at radius 3 is 2.64 bits per heavy atom. The molecule has 0 bridgehead atoms. The summed E-state index contributed by atoms with van der Waals surface area (Å²) in [5, 5.41) is 31.9. The molecule has 0 heterocycles. The summed E-state index contributed by atoms with van der Waals surface area (Å²) in [4.78, 5) is 0. The minimum atomic E-state index is -0.739. The van der Waals surface area contributed by atoms with Crippen LogP contribution in [0.2, 0.25) is 0 Å². The predicted molar refractivity (Wildman–Crippen MR) is 84.3 cm³/mol. The van der Waals surface area contributed by atoms with Crippen LogP contribution in [0.5, 0.6) is 17.2 Å². The van der Waals surface area contributed by atoms with Crippen molar-refractivity contribution in [1.82, 2.24) is 5.32 Å². The Hall–Kier alpha value is -2.24. The molecular weight excluding hydrogens is 282 g/mol. The number of aliphatic hydroxyl groups is 1. The summed E-state index contributed by atoms with van der Waals surface area (Å²) < 4.78 is 5.17. The smallest absolute Gasteiger partial charge is 0.157 e. The Balaban J connectivity index is 1.79. The van der Waals surface area contributed by atoms with Gasteiger partial charge in [0.2, 0.25) is 0 Å². The van der Waals surface area contributed by atoms with Gasteiger partial charge >= 0.3 is 0 Å². The highest BCUT2D eigenvalue weighted by molar-refractivity contribution is 5.41. The van der Waals surface area contributed by atoms with E-state index in [1.54, 1.807) is 13.2 Å². The van der Waals surface area contributed by atoms with Gasteiger partial charge in [-0.1, -0.05) is 18.2 Å². The largest absolute Gasteiger partial charge is 0.504 e. The van der Waals surface area contributed by atoms with Crippen LogP contribution in [0.15, 0.2) is 42.5 Å². The average molecular weight is 303 g/mol. The fraction of sp³-hybridized carbons (Fsp3) is 0.294. The quantitative estimate of drug-likeness (QED) is 0.464. The molecule has 0 saturated heterocycles. The molecule has 0 spiro atoms. The van der Waals surface area contributed by atoms with Gasteiger partial charge in [0, 0.05) is 6.54 Å². The molecule has 0 fully saturated rings. The van der Waals surface area contributed by atoms with Crippen molar-refractivity contribution in [2.45, 2.75) is 12.5 Å². The van der Waals surface area contributed by atoms with Gasteiger partial charge in [0.15, 0.2) is 11.5 Å². The molecule has 0 unspecified atom stereocenters. The van der Waals surface area contributed by atoms with E-state index >= 15 is 0 Å². The van der Waals surface area contributed by atoms with Gasteiger partial charge in [0.05, 0.1) is 13.2 Å². The second kappa shape index (κ2) is 7.68. The molecule has 0 amide bonds. The van der Waals surface area contributed by atoms with Crippen LogP contribution in [0.4, 0.5) is 0 Å². The van der Waals surface area contributed by atoms with Crippen LogP contribution in [-0.2, 0) is 6.42 Å². The summed E-state index contributed by atoms with van der Waals surface area (Å²) in [5.41, 5.74) is 1.72. The van der Waals surface area contributed by atoms with Gasteiger partial charge in [0.25, 0.3) is 0 Å². The zero-order chi connectivity index (χ0) is 15.9. The van der Waals surface area contributed by atoms with Gasteiger partial charge in [-0.3, -0.25) is 0 Å². The topological polar surface area (TPSA) is 82.0 Å². The van der Waals surface area contributed by atoms with E-state index in [0.29, 0.717) is 18.7 Å². The predicted octanol–water partition coefficient (Wildman–Crippen LogP) is 1.97. The zero-order valence-electron chi connectivity index (χ0n) is 12.5. The van der Waals surface area contributed by atoms with Crippen LogP contribution in [0.1, 0.15) is 17.2 Å². The molecule has 0 radical (unpaired) electrons. The standard InChI is InChI=1S/C17H21NO4/c1-22-14-4-2-3-12(9-14)7-8-18-11-17(21)13-5-6-15(19)16(20)10-13/h2-6,9-10,17-21H,7-8,11H2,1H3/t17-/m1/s1. The summed E-state index contributed by atoms with van der Waals surface area (Å²) in [6.45, 7) is 1.09. The van der Waals surface area contributed by atoms with Crippen molar-refractivity contribution in [1.29, 1.82) is 0 Å². The summed E-state index contributed by atoms with van der Waals surface area (Å²) in [6, 6.07) is 12.2. The Morgan fingerprint density at radius 2 is 1.91 bits per heavy atom. The first-order valence-corrected chi connectivity index (χ1v) is 7.13. The van der Waals surface area contributed by atoms with Crippen molar-refractivity contribution in [3.05, 3.63) is 53.6 Å². The molecule has 4 N–H and O–H groups in total. The second-order valence-corrected chi connectivity index (χ2v) is 5.07. The number of phenolic OH excluding ortho intramolecular Hbond substituents is 2. The van der Waals surface area contributed by atoms with Crippen LogP contribution in [0, 0.1) is 0 Å². The lowest BCUT2D eigenvalue weighted by molar-refractivity contribution is 0.174. The molecule has 0 aromatic heterocycles. The van der Waals surface area contributed by atoms with E-state index in [0.717, 1.165) is 17.7 Å². The van der Waals surface area contributed by atoms with E-state index in [-0.39, 0.29) is 11.5 Å². The first kappa shape index (κ1) is 16.1. The molecule has 0 aliphatic rings. The third-order valence-corrected chi connectivity index (χ3v) is 3.45. The van der Waals surface area contributed by atoms with Gasteiger partial charge in [-0.2, -0.15) is 0 Å². The molecule has 2 rings (SSSR count). The lowest BCUT2D eigenvalue weighted by Crippen LogP contribution is -2.23. The van der Waals surface area contributed by atoms with Gasteiger partial charge in [-0.25, -0.2) is 0 Å². The third kappa shape index (κ3) is 4.38. The Bertz CT molecular complexity index is 615. The molecule has 118 valence electrons. The van der Waals surface area contributed by atoms with Crippen LogP contribution in [0.25, 0.3) is 0 Å². The SMILES string of the molecule is COc1cccc(CCNC[C@@H](O)c2ccc(O)c(O)c2)c1. The molecule has 0 saturated carbocycles. The number of benzene rings is 2. The molecule has 2 aromatic carbocycles. The fourth-order valence-electron chi connectivity index (χ4n) is 2.17. The highest BCUT2D eigenvalue weighted by Crippen LogP contribution is 2.27. The van der Waals surface area contributed by atoms with E-state index in [9.17, 15) is 15.3 Å². The number of hydrogen-bond acceptors (Lipinski definition) is 5. The monoisotopic (exact) mass is 303 g/mol. The highest BCUT2D eigenvalue weighted by Gasteiger charge is 2.09. The molecule has 0 aliphatic heterocycles. The molecule has 2 aromatic rings. The van der Waals surface area contributed by atoms with Gasteiger partial charge < -0.3 is 25.4 Å². The van der Waals surface area contributed by atoms with Crippen molar-refractivity contribution in [2.75, 3.05) is 20.2 Å². The Labute approximate surface area is 129 Å². The van der Waals surface area contributed by atoms with Gasteiger partial charge in [-0.05, 0) is 48.4 Å². The molecule has 0 aliphatic carbocycles. The van der Waals surface area contributed by atoms with Crippen molar-refractivity contribution in [2.24, 2.45) is 0 Å². The molecule has 5 nitrogen and oxygen atoms in total. The number of aliphatic hydroxyl groups excluding tert-OH is 1. The minimum Gasteiger partial charge on any atom is -0.504 e. The number of aromatic hydroxyl groups is 2. The van der Waals surface area contributed by atoms with Crippen molar-refractivity contribution in [3.63, 3.8) is 0 Å². The molecule has 1 atom stereocenters. The molecular formula is C17H21NO4. The molecule has 5 heteroatoms. The number of nitrogens with one attached hydrogen (secondary N) is 1. The summed E-state index contributed by atoms with van der Waals surface area (Å²) in [7, 11) is 1.64. The number of hydrogen-bond donors (Lipinski definition) is 4. The normalized spacial score (nSPS) is 12.1. The zero-order valence-corrected chi connectivity index (χ0v) is 12.5. The maximum absolute atomic E-state index is 10.0. The van der Waals surface area contributed by atoms with Crippen LogP contribution < -0.4 is 10.1 Å². The number of rotatable bonds is 7. The number of phenols is 2. The summed E-state index contributed by atoms with van der Waals surface area (Å²) >= 11 is 0. The Kier molecular flexibility index (Phi) is 5.63. The van der Waals surface area contributed by atoms with E-state index in [1.165, 1.54) is 12.1 Å². The second-order valence-electron chi connectivity index (χ2n) is 5.07. The van der Waals surface area contributed by atoms with E-state index in [4.69, 9.17) is 4.74 Å². The lowest BCUT2D eigenvalue weighted by Gasteiger charge is -2.13. The first-order valence-electron chi connectivity index (χ1n) is 7.13. The maximum Gasteiger partial charge on any atom is 0.157 e. The minimum absolute atomic E-state index is 0.193. The fourth-order valence-corrected chi connectivity index (χ4v) is 2.17. The summed E-state index contributed by atoms with van der Waals surface area (Å²) in [5.74, 6) is 0.409. The van der Waals surface area contributed by atoms with Gasteiger partial charge in [-0.15, -0.1) is 0 Å². The van der Waals surface area contributed by atoms with Crippen molar-refractivity contribution < 1.29 is 20.1 Å². The number of ether oxygens (including phenoxy) is 1. The molecule has 22 heavy (non-hydrogen) atoms. The van der Waals surface area contributed by atoms with Crippen molar-refractivity contribution >= 4 is 0 Å². The van der Waals surface area contributed by atoms with Crippen LogP contribution in [0.3, 0.4) is 0 Å². The van der Waals surface area contributed by atoms with Crippen LogP contribution >= 0.6 is 0 Å². The third-order valence-electron chi connectivity index (χ3n) is 3.45. The Morgan fingerprint density at radius 1 is 1.09 bits per heavy atom. The van der Waals surface area contributed by atoms with Gasteiger partial charge in [0.1, 0.15) is 5.75 Å². The number of methoxy groups -OCH3 is 1.